The molecular weight excluding hydrogens is 176 g/mol. The van der Waals surface area contributed by atoms with Crippen LogP contribution in [0.2, 0.25) is 0 Å². The minimum Gasteiger partial charge on any atom is -0.394 e. The summed E-state index contributed by atoms with van der Waals surface area (Å²) >= 11 is 0. The lowest BCUT2D eigenvalue weighted by atomic mass is 10.0. The molecule has 1 aromatic heterocycles. The highest BCUT2D eigenvalue weighted by atomic mass is 16.3. The molecule has 1 unspecified atom stereocenters. The molecule has 1 heterocycles. The minimum absolute atomic E-state index is 0.149. The predicted octanol–water partition coefficient (Wildman–Crippen LogP) is 1.33. The molecule has 0 saturated carbocycles. The molecule has 78 valence electrons. The van der Waals surface area contributed by atoms with Gasteiger partial charge in [-0.25, -0.2) is 0 Å². The third kappa shape index (κ3) is 3.09. The summed E-state index contributed by atoms with van der Waals surface area (Å²) in [6, 6.07) is 5.83. The summed E-state index contributed by atoms with van der Waals surface area (Å²) in [4.78, 5) is 4.21. The number of aliphatic hydroxyl groups is 1. The third-order valence-electron chi connectivity index (χ3n) is 2.55. The molecule has 0 bridgehead atoms. The lowest BCUT2D eigenvalue weighted by molar-refractivity contribution is 0.168. The molecule has 1 atom stereocenters. The summed E-state index contributed by atoms with van der Waals surface area (Å²) in [5.41, 5.74) is 0.804. The van der Waals surface area contributed by atoms with E-state index in [0.717, 1.165) is 12.1 Å². The first kappa shape index (κ1) is 11.1. The van der Waals surface area contributed by atoms with E-state index in [0.29, 0.717) is 6.54 Å². The molecule has 0 saturated heterocycles. The molecule has 0 radical (unpaired) electrons. The Hall–Kier alpha value is -0.930. The van der Waals surface area contributed by atoms with Crippen LogP contribution in [0.3, 0.4) is 0 Å². The fourth-order valence-electron chi connectivity index (χ4n) is 1.10. The van der Waals surface area contributed by atoms with Crippen molar-refractivity contribution >= 4 is 0 Å². The van der Waals surface area contributed by atoms with Crippen LogP contribution in [-0.2, 0) is 6.54 Å². The zero-order valence-corrected chi connectivity index (χ0v) is 8.83. The van der Waals surface area contributed by atoms with Crippen LogP contribution < -0.4 is 5.32 Å². The van der Waals surface area contributed by atoms with E-state index < -0.39 is 0 Å². The Labute approximate surface area is 85.2 Å². The molecule has 0 fully saturated rings. The number of nitrogens with one attached hydrogen (secondary N) is 1. The van der Waals surface area contributed by atoms with Crippen LogP contribution in [-0.4, -0.2) is 22.2 Å². The van der Waals surface area contributed by atoms with Gasteiger partial charge in [-0.05, 0) is 25.5 Å². The van der Waals surface area contributed by atoms with E-state index in [2.05, 4.69) is 17.2 Å². The van der Waals surface area contributed by atoms with Gasteiger partial charge in [0.1, 0.15) is 0 Å². The topological polar surface area (TPSA) is 45.1 Å². The van der Waals surface area contributed by atoms with Gasteiger partial charge in [0, 0.05) is 18.3 Å². The Balaban J connectivity index is 2.48. The number of hydrogen-bond acceptors (Lipinski definition) is 3. The molecule has 1 aromatic rings. The number of aromatic nitrogens is 1. The lowest BCUT2D eigenvalue weighted by Gasteiger charge is -2.27. The standard InChI is InChI=1S/C11H18N2O/c1-3-11(2,9-14)13-8-10-6-4-5-7-12-10/h4-7,13-14H,3,8-9H2,1-2H3. The predicted molar refractivity (Wildman–Crippen MR) is 56.9 cm³/mol. The molecule has 0 aromatic carbocycles. The van der Waals surface area contributed by atoms with Gasteiger partial charge in [-0.15, -0.1) is 0 Å². The second-order valence-electron chi connectivity index (χ2n) is 3.75. The van der Waals surface area contributed by atoms with Crippen LogP contribution in [0.1, 0.15) is 26.0 Å². The summed E-state index contributed by atoms with van der Waals surface area (Å²) in [5, 5.41) is 12.5. The van der Waals surface area contributed by atoms with Gasteiger partial charge in [0.25, 0.3) is 0 Å². The van der Waals surface area contributed by atoms with E-state index in [1.54, 1.807) is 6.20 Å². The maximum absolute atomic E-state index is 9.18. The van der Waals surface area contributed by atoms with Gasteiger partial charge in [0.05, 0.1) is 12.3 Å². The fraction of sp³-hybridized carbons (Fsp3) is 0.545. The quantitative estimate of drug-likeness (QED) is 0.743. The molecule has 0 aliphatic rings. The minimum atomic E-state index is -0.197. The molecule has 3 nitrogen and oxygen atoms in total. The average Bonchev–Trinajstić information content (AvgIpc) is 2.27. The monoisotopic (exact) mass is 194 g/mol. The van der Waals surface area contributed by atoms with Crippen LogP contribution in [0.15, 0.2) is 24.4 Å². The van der Waals surface area contributed by atoms with Crippen LogP contribution in [0.5, 0.6) is 0 Å². The van der Waals surface area contributed by atoms with E-state index in [1.807, 2.05) is 25.1 Å². The summed E-state index contributed by atoms with van der Waals surface area (Å²) in [7, 11) is 0. The molecule has 0 spiro atoms. The number of rotatable bonds is 5. The van der Waals surface area contributed by atoms with E-state index in [9.17, 15) is 5.11 Å². The van der Waals surface area contributed by atoms with Gasteiger partial charge in [0.15, 0.2) is 0 Å². The van der Waals surface area contributed by atoms with Crippen LogP contribution >= 0.6 is 0 Å². The average molecular weight is 194 g/mol. The first-order chi connectivity index (χ1) is 6.70. The highest BCUT2D eigenvalue weighted by Crippen LogP contribution is 2.08. The Morgan fingerprint density at radius 3 is 2.79 bits per heavy atom. The van der Waals surface area contributed by atoms with Crippen molar-refractivity contribution in [1.29, 1.82) is 0 Å². The van der Waals surface area contributed by atoms with Gasteiger partial charge < -0.3 is 10.4 Å². The molecule has 2 N–H and O–H groups in total. The van der Waals surface area contributed by atoms with Crippen molar-refractivity contribution in [3.8, 4) is 0 Å². The molecule has 0 aliphatic carbocycles. The SMILES string of the molecule is CCC(C)(CO)NCc1ccccn1. The fourth-order valence-corrected chi connectivity index (χ4v) is 1.10. The molecule has 0 amide bonds. The largest absolute Gasteiger partial charge is 0.394 e. The van der Waals surface area contributed by atoms with Crippen molar-refractivity contribution in [2.24, 2.45) is 0 Å². The number of nitrogens with zero attached hydrogens (tertiary/aromatic N) is 1. The van der Waals surface area contributed by atoms with Gasteiger partial charge >= 0.3 is 0 Å². The highest BCUT2D eigenvalue weighted by Gasteiger charge is 2.19. The van der Waals surface area contributed by atoms with Crippen LogP contribution in [0.25, 0.3) is 0 Å². The van der Waals surface area contributed by atoms with Crippen LogP contribution in [0.4, 0.5) is 0 Å². The summed E-state index contributed by atoms with van der Waals surface area (Å²) < 4.78 is 0. The van der Waals surface area contributed by atoms with Crippen LogP contribution in [0, 0.1) is 0 Å². The van der Waals surface area contributed by atoms with Crippen molar-refractivity contribution in [1.82, 2.24) is 10.3 Å². The van der Waals surface area contributed by atoms with Crippen molar-refractivity contribution in [2.75, 3.05) is 6.61 Å². The molecule has 14 heavy (non-hydrogen) atoms. The maximum atomic E-state index is 9.18. The van der Waals surface area contributed by atoms with Gasteiger partial charge in [-0.3, -0.25) is 4.98 Å². The number of pyridine rings is 1. The van der Waals surface area contributed by atoms with E-state index in [1.165, 1.54) is 0 Å². The smallest absolute Gasteiger partial charge is 0.0610 e. The van der Waals surface area contributed by atoms with Crippen molar-refractivity contribution in [3.05, 3.63) is 30.1 Å². The summed E-state index contributed by atoms with van der Waals surface area (Å²) in [6.45, 7) is 4.92. The van der Waals surface area contributed by atoms with Gasteiger partial charge in [-0.2, -0.15) is 0 Å². The number of aliphatic hydroxyl groups excluding tert-OH is 1. The zero-order chi connectivity index (χ0) is 10.4. The van der Waals surface area contributed by atoms with Crippen molar-refractivity contribution < 1.29 is 5.11 Å². The Morgan fingerprint density at radius 2 is 2.29 bits per heavy atom. The second-order valence-corrected chi connectivity index (χ2v) is 3.75. The van der Waals surface area contributed by atoms with Crippen molar-refractivity contribution in [2.45, 2.75) is 32.4 Å². The molecule has 1 rings (SSSR count). The second kappa shape index (κ2) is 5.08. The van der Waals surface area contributed by atoms with Crippen molar-refractivity contribution in [3.63, 3.8) is 0 Å². The Bertz CT molecular complexity index is 257. The summed E-state index contributed by atoms with van der Waals surface area (Å²) in [5.74, 6) is 0. The van der Waals surface area contributed by atoms with Gasteiger partial charge in [0.2, 0.25) is 0 Å². The third-order valence-corrected chi connectivity index (χ3v) is 2.55. The van der Waals surface area contributed by atoms with Gasteiger partial charge in [-0.1, -0.05) is 13.0 Å². The first-order valence-electron chi connectivity index (χ1n) is 4.96. The Kier molecular flexibility index (Phi) is 4.04. The van der Waals surface area contributed by atoms with E-state index in [-0.39, 0.29) is 12.1 Å². The first-order valence-corrected chi connectivity index (χ1v) is 4.96. The summed E-state index contributed by atoms with van der Waals surface area (Å²) in [6.07, 6.45) is 2.68. The lowest BCUT2D eigenvalue weighted by Crippen LogP contribution is -2.44. The normalized spacial score (nSPS) is 15.1. The maximum Gasteiger partial charge on any atom is 0.0610 e. The highest BCUT2D eigenvalue weighted by molar-refractivity contribution is 5.03. The number of hydrogen-bond donors (Lipinski definition) is 2. The molecular formula is C11H18N2O. The Morgan fingerprint density at radius 1 is 1.50 bits per heavy atom. The zero-order valence-electron chi connectivity index (χ0n) is 8.83. The molecule has 3 heteroatoms. The molecule has 0 aliphatic heterocycles. The van der Waals surface area contributed by atoms with E-state index >= 15 is 0 Å². The van der Waals surface area contributed by atoms with E-state index in [4.69, 9.17) is 0 Å².